The fourth-order valence-corrected chi connectivity index (χ4v) is 2.81. The van der Waals surface area contributed by atoms with Gasteiger partial charge in [0.1, 0.15) is 0 Å². The Kier molecular flexibility index (Phi) is 3.53. The highest BCUT2D eigenvalue weighted by atomic mass is 35.5. The molecular formula is C14H17ClN4. The molecule has 1 fully saturated rings. The molecule has 3 rings (SSSR count). The van der Waals surface area contributed by atoms with Crippen LogP contribution in [0.2, 0.25) is 5.15 Å². The number of aromatic nitrogens is 2. The molecule has 0 bridgehead atoms. The van der Waals surface area contributed by atoms with Gasteiger partial charge in [0.05, 0.1) is 0 Å². The van der Waals surface area contributed by atoms with Crippen molar-refractivity contribution in [1.82, 2.24) is 15.1 Å². The van der Waals surface area contributed by atoms with E-state index in [0.29, 0.717) is 11.2 Å². The number of hydrogen-bond donors (Lipinski definition) is 1. The van der Waals surface area contributed by atoms with Crippen LogP contribution in [0.15, 0.2) is 24.3 Å². The zero-order valence-electron chi connectivity index (χ0n) is 10.9. The first-order chi connectivity index (χ1) is 9.28. The van der Waals surface area contributed by atoms with E-state index in [9.17, 15) is 0 Å². The molecule has 0 saturated carbocycles. The number of halogens is 1. The highest BCUT2D eigenvalue weighted by Crippen LogP contribution is 2.26. The number of likely N-dealkylation sites (N-methyl/N-ethyl adjacent to an activating group) is 1. The van der Waals surface area contributed by atoms with Gasteiger partial charge in [0.15, 0.2) is 11.0 Å². The summed E-state index contributed by atoms with van der Waals surface area (Å²) in [5.74, 6) is 0.836. The van der Waals surface area contributed by atoms with Crippen molar-refractivity contribution in [3.8, 4) is 0 Å². The minimum absolute atomic E-state index is 0.443. The Balaban J connectivity index is 1.87. The molecule has 1 saturated heterocycles. The van der Waals surface area contributed by atoms with Crippen LogP contribution in [0.25, 0.3) is 10.8 Å². The Morgan fingerprint density at radius 2 is 2.11 bits per heavy atom. The summed E-state index contributed by atoms with van der Waals surface area (Å²) >= 11 is 6.08. The number of anilines is 1. The molecule has 100 valence electrons. The molecule has 1 atom stereocenters. The highest BCUT2D eigenvalue weighted by molar-refractivity contribution is 6.34. The zero-order valence-corrected chi connectivity index (χ0v) is 11.7. The summed E-state index contributed by atoms with van der Waals surface area (Å²) in [5, 5.41) is 14.2. The fraction of sp³-hybridized carbons (Fsp3) is 0.429. The van der Waals surface area contributed by atoms with Crippen molar-refractivity contribution < 1.29 is 0 Å². The van der Waals surface area contributed by atoms with Crippen LogP contribution in [0.3, 0.4) is 0 Å². The summed E-state index contributed by atoms with van der Waals surface area (Å²) < 4.78 is 0. The van der Waals surface area contributed by atoms with Crippen LogP contribution >= 0.6 is 11.6 Å². The van der Waals surface area contributed by atoms with Crippen LogP contribution in [0, 0.1) is 0 Å². The van der Waals surface area contributed by atoms with Crippen LogP contribution < -0.4 is 5.32 Å². The van der Waals surface area contributed by atoms with E-state index in [2.05, 4.69) is 27.3 Å². The van der Waals surface area contributed by atoms with Crippen LogP contribution in [0.1, 0.15) is 13.3 Å². The lowest BCUT2D eigenvalue weighted by Gasteiger charge is -2.16. The molecule has 0 amide bonds. The van der Waals surface area contributed by atoms with Crippen molar-refractivity contribution >= 4 is 28.2 Å². The van der Waals surface area contributed by atoms with Crippen LogP contribution in [0.4, 0.5) is 5.82 Å². The number of nitrogens with one attached hydrogen (secondary N) is 1. The Labute approximate surface area is 117 Å². The second-order valence-corrected chi connectivity index (χ2v) is 5.27. The molecule has 1 aliphatic heterocycles. The van der Waals surface area contributed by atoms with E-state index in [1.165, 1.54) is 0 Å². The Morgan fingerprint density at radius 1 is 1.32 bits per heavy atom. The summed E-state index contributed by atoms with van der Waals surface area (Å²) in [5.41, 5.74) is 0. The predicted octanol–water partition coefficient (Wildman–Crippen LogP) is 2.79. The number of benzene rings is 1. The molecule has 4 nitrogen and oxygen atoms in total. The third-order valence-electron chi connectivity index (χ3n) is 3.70. The first-order valence-electron chi connectivity index (χ1n) is 6.67. The van der Waals surface area contributed by atoms with E-state index in [1.54, 1.807) is 0 Å². The lowest BCUT2D eigenvalue weighted by Crippen LogP contribution is -2.26. The third-order valence-corrected chi connectivity index (χ3v) is 3.98. The van der Waals surface area contributed by atoms with Crippen molar-refractivity contribution in [2.75, 3.05) is 25.0 Å². The first-order valence-corrected chi connectivity index (χ1v) is 7.05. The number of hydrogen-bond acceptors (Lipinski definition) is 4. The molecule has 0 aliphatic carbocycles. The van der Waals surface area contributed by atoms with E-state index in [0.717, 1.165) is 42.6 Å². The molecule has 1 aromatic heterocycles. The van der Waals surface area contributed by atoms with Crippen molar-refractivity contribution in [2.24, 2.45) is 0 Å². The molecule has 2 aromatic rings. The summed E-state index contributed by atoms with van der Waals surface area (Å²) in [7, 11) is 0. The van der Waals surface area contributed by atoms with E-state index in [-0.39, 0.29) is 0 Å². The number of nitrogens with zero attached hydrogens (tertiary/aromatic N) is 3. The maximum Gasteiger partial charge on any atom is 0.159 e. The average molecular weight is 277 g/mol. The Hall–Kier alpha value is -1.39. The van der Waals surface area contributed by atoms with Gasteiger partial charge in [-0.05, 0) is 13.0 Å². The third kappa shape index (κ3) is 2.51. The second-order valence-electron chi connectivity index (χ2n) is 4.91. The Morgan fingerprint density at radius 3 is 2.84 bits per heavy atom. The predicted molar refractivity (Wildman–Crippen MR) is 78.7 cm³/mol. The maximum absolute atomic E-state index is 6.08. The molecule has 0 radical (unpaired) electrons. The smallest absolute Gasteiger partial charge is 0.159 e. The van der Waals surface area contributed by atoms with Crippen LogP contribution in [-0.4, -0.2) is 40.8 Å². The molecular weight excluding hydrogens is 260 g/mol. The zero-order chi connectivity index (χ0) is 13.2. The molecule has 5 heteroatoms. The molecule has 19 heavy (non-hydrogen) atoms. The second kappa shape index (κ2) is 5.31. The van der Waals surface area contributed by atoms with Crippen molar-refractivity contribution in [2.45, 2.75) is 19.4 Å². The minimum atomic E-state index is 0.443. The summed E-state index contributed by atoms with van der Waals surface area (Å²) in [6, 6.07) is 8.42. The number of rotatable bonds is 3. The monoisotopic (exact) mass is 276 g/mol. The lowest BCUT2D eigenvalue weighted by atomic mass is 10.2. The van der Waals surface area contributed by atoms with E-state index in [1.807, 2.05) is 24.3 Å². The highest BCUT2D eigenvalue weighted by Gasteiger charge is 2.22. The van der Waals surface area contributed by atoms with Crippen molar-refractivity contribution in [1.29, 1.82) is 0 Å². The largest absolute Gasteiger partial charge is 0.364 e. The van der Waals surface area contributed by atoms with Gasteiger partial charge in [0.25, 0.3) is 0 Å². The maximum atomic E-state index is 6.08. The van der Waals surface area contributed by atoms with Crippen LogP contribution in [0.5, 0.6) is 0 Å². The van der Waals surface area contributed by atoms with Gasteiger partial charge in [0.2, 0.25) is 0 Å². The molecule has 1 aliphatic rings. The van der Waals surface area contributed by atoms with Gasteiger partial charge in [-0.3, -0.25) is 0 Å². The van der Waals surface area contributed by atoms with Crippen LogP contribution in [-0.2, 0) is 0 Å². The molecule has 0 spiro atoms. The van der Waals surface area contributed by atoms with Gasteiger partial charge < -0.3 is 10.2 Å². The summed E-state index contributed by atoms with van der Waals surface area (Å²) in [6.07, 6.45) is 1.15. The number of fused-ring (bicyclic) bond motifs is 1. The Bertz CT molecular complexity index is 587. The topological polar surface area (TPSA) is 41.0 Å². The average Bonchev–Trinajstić information content (AvgIpc) is 2.90. The van der Waals surface area contributed by atoms with Gasteiger partial charge in [-0.1, -0.05) is 42.8 Å². The standard InChI is InChI=1S/C14H17ClN4/c1-2-19-8-7-10(9-19)16-14-12-6-4-3-5-11(12)13(15)17-18-14/h3-6,10H,2,7-9H2,1H3,(H,16,18). The van der Waals surface area contributed by atoms with Gasteiger partial charge in [-0.2, -0.15) is 0 Å². The SMILES string of the molecule is CCN1CCC(Nc2nnc(Cl)c3ccccc23)C1. The minimum Gasteiger partial charge on any atom is -0.364 e. The molecule has 1 unspecified atom stereocenters. The molecule has 1 aromatic carbocycles. The van der Waals surface area contributed by atoms with E-state index < -0.39 is 0 Å². The quantitative estimate of drug-likeness (QED) is 0.936. The number of likely N-dealkylation sites (tertiary alicyclic amines) is 1. The van der Waals surface area contributed by atoms with Crippen molar-refractivity contribution in [3.05, 3.63) is 29.4 Å². The van der Waals surface area contributed by atoms with Gasteiger partial charge in [-0.25, -0.2) is 0 Å². The molecule has 2 heterocycles. The summed E-state index contributed by atoms with van der Waals surface area (Å²) in [6.45, 7) is 5.51. The first kappa shape index (κ1) is 12.6. The fourth-order valence-electron chi connectivity index (χ4n) is 2.61. The van der Waals surface area contributed by atoms with Gasteiger partial charge in [0, 0.05) is 29.9 Å². The lowest BCUT2D eigenvalue weighted by molar-refractivity contribution is 0.356. The summed E-state index contributed by atoms with van der Waals surface area (Å²) in [4.78, 5) is 2.43. The van der Waals surface area contributed by atoms with Gasteiger partial charge >= 0.3 is 0 Å². The van der Waals surface area contributed by atoms with Crippen molar-refractivity contribution in [3.63, 3.8) is 0 Å². The van der Waals surface area contributed by atoms with E-state index >= 15 is 0 Å². The van der Waals surface area contributed by atoms with Gasteiger partial charge in [-0.15, -0.1) is 10.2 Å². The molecule has 1 N–H and O–H groups in total. The van der Waals surface area contributed by atoms with E-state index in [4.69, 9.17) is 11.6 Å². The normalized spacial score (nSPS) is 20.0.